The molecule has 23 heavy (non-hydrogen) atoms. The second-order valence-corrected chi connectivity index (χ2v) is 6.08. The van der Waals surface area contributed by atoms with Crippen LogP contribution >= 0.6 is 11.8 Å². The molecule has 0 aliphatic heterocycles. The standard InChI is InChI=1S/C16H20N4O2S/c1-4-9-20-15(22)12-7-6-8-17-14(12)19-16(20)23-10-13(21)18-11(3)5-2/h4,6-8,11H,1,5,9-10H2,2-3H3,(H,18,21)/t11-/m1/s1. The highest BCUT2D eigenvalue weighted by Crippen LogP contribution is 2.16. The molecule has 0 spiro atoms. The van der Waals surface area contributed by atoms with Crippen LogP contribution in [0.15, 0.2) is 40.9 Å². The largest absolute Gasteiger partial charge is 0.353 e. The number of nitrogens with one attached hydrogen (secondary N) is 1. The van der Waals surface area contributed by atoms with Gasteiger partial charge in [-0.1, -0.05) is 24.8 Å². The van der Waals surface area contributed by atoms with Gasteiger partial charge in [0, 0.05) is 18.8 Å². The van der Waals surface area contributed by atoms with Crippen LogP contribution in [0.5, 0.6) is 0 Å². The summed E-state index contributed by atoms with van der Waals surface area (Å²) >= 11 is 1.23. The second kappa shape index (κ2) is 7.92. The first-order chi connectivity index (χ1) is 11.1. The number of carbonyl (C=O) groups is 1. The summed E-state index contributed by atoms with van der Waals surface area (Å²) in [6.45, 7) is 7.97. The van der Waals surface area contributed by atoms with E-state index in [2.05, 4.69) is 21.9 Å². The van der Waals surface area contributed by atoms with Crippen LogP contribution in [0.1, 0.15) is 20.3 Å². The maximum absolute atomic E-state index is 12.5. The normalized spacial score (nSPS) is 12.1. The van der Waals surface area contributed by atoms with E-state index in [0.29, 0.717) is 22.7 Å². The molecule has 0 radical (unpaired) electrons. The van der Waals surface area contributed by atoms with Gasteiger partial charge in [0.05, 0.1) is 11.1 Å². The van der Waals surface area contributed by atoms with E-state index in [1.54, 1.807) is 24.4 Å². The van der Waals surface area contributed by atoms with E-state index in [4.69, 9.17) is 0 Å². The van der Waals surface area contributed by atoms with E-state index >= 15 is 0 Å². The highest BCUT2D eigenvalue weighted by Gasteiger charge is 2.13. The summed E-state index contributed by atoms with van der Waals surface area (Å²) in [6, 6.07) is 3.53. The number of carbonyl (C=O) groups excluding carboxylic acids is 1. The first-order valence-electron chi connectivity index (χ1n) is 7.45. The van der Waals surface area contributed by atoms with Gasteiger partial charge in [-0.3, -0.25) is 14.2 Å². The van der Waals surface area contributed by atoms with E-state index < -0.39 is 0 Å². The van der Waals surface area contributed by atoms with Gasteiger partial charge in [-0.25, -0.2) is 9.97 Å². The molecule has 2 aromatic rings. The van der Waals surface area contributed by atoms with Crippen molar-refractivity contribution >= 4 is 28.7 Å². The zero-order valence-corrected chi connectivity index (χ0v) is 14.1. The number of pyridine rings is 1. The minimum Gasteiger partial charge on any atom is -0.353 e. The second-order valence-electron chi connectivity index (χ2n) is 5.14. The summed E-state index contributed by atoms with van der Waals surface area (Å²) in [7, 11) is 0. The molecule has 1 amide bonds. The molecular formula is C16H20N4O2S. The molecule has 7 heteroatoms. The summed E-state index contributed by atoms with van der Waals surface area (Å²) in [6.07, 6.45) is 4.10. The molecule has 0 saturated heterocycles. The van der Waals surface area contributed by atoms with Gasteiger partial charge in [-0.2, -0.15) is 0 Å². The SMILES string of the molecule is C=CCn1c(SCC(=O)N[C@H](C)CC)nc2ncccc2c1=O. The molecule has 0 bridgehead atoms. The highest BCUT2D eigenvalue weighted by atomic mass is 32.2. The molecule has 0 fully saturated rings. The zero-order valence-electron chi connectivity index (χ0n) is 13.3. The molecule has 0 aliphatic carbocycles. The van der Waals surface area contributed by atoms with Crippen molar-refractivity contribution in [2.45, 2.75) is 38.0 Å². The zero-order chi connectivity index (χ0) is 16.8. The van der Waals surface area contributed by atoms with Crippen molar-refractivity contribution < 1.29 is 4.79 Å². The van der Waals surface area contributed by atoms with Crippen LogP contribution in [0.4, 0.5) is 0 Å². The van der Waals surface area contributed by atoms with Crippen LogP contribution in [0.25, 0.3) is 11.0 Å². The molecule has 6 nitrogen and oxygen atoms in total. The first kappa shape index (κ1) is 17.2. The average Bonchev–Trinajstić information content (AvgIpc) is 2.55. The van der Waals surface area contributed by atoms with Gasteiger partial charge in [-0.15, -0.1) is 6.58 Å². The number of aromatic nitrogens is 3. The summed E-state index contributed by atoms with van der Waals surface area (Å²) in [4.78, 5) is 33.0. The Balaban J connectivity index is 2.28. The Morgan fingerprint density at radius 1 is 1.57 bits per heavy atom. The Morgan fingerprint density at radius 2 is 2.35 bits per heavy atom. The quantitative estimate of drug-likeness (QED) is 0.477. The monoisotopic (exact) mass is 332 g/mol. The number of fused-ring (bicyclic) bond motifs is 1. The number of thioether (sulfide) groups is 1. The van der Waals surface area contributed by atoms with E-state index in [1.807, 2.05) is 13.8 Å². The molecule has 0 saturated carbocycles. The van der Waals surface area contributed by atoms with Gasteiger partial charge >= 0.3 is 0 Å². The van der Waals surface area contributed by atoms with Gasteiger partial charge in [0.1, 0.15) is 0 Å². The van der Waals surface area contributed by atoms with Crippen molar-refractivity contribution in [1.82, 2.24) is 19.9 Å². The fraction of sp³-hybridized carbons (Fsp3) is 0.375. The topological polar surface area (TPSA) is 76.9 Å². The van der Waals surface area contributed by atoms with Gasteiger partial charge in [0.2, 0.25) is 5.91 Å². The third-order valence-corrected chi connectivity index (χ3v) is 4.33. The Morgan fingerprint density at radius 3 is 3.04 bits per heavy atom. The maximum Gasteiger partial charge on any atom is 0.263 e. The lowest BCUT2D eigenvalue weighted by Gasteiger charge is -2.13. The van der Waals surface area contributed by atoms with Crippen molar-refractivity contribution in [2.75, 3.05) is 5.75 Å². The van der Waals surface area contributed by atoms with E-state index in [-0.39, 0.29) is 23.3 Å². The Labute approximate surface area is 139 Å². The first-order valence-corrected chi connectivity index (χ1v) is 8.44. The van der Waals surface area contributed by atoms with Crippen LogP contribution < -0.4 is 10.9 Å². The average molecular weight is 332 g/mol. The molecule has 2 heterocycles. The Hall–Kier alpha value is -2.15. The summed E-state index contributed by atoms with van der Waals surface area (Å²) in [5.41, 5.74) is 0.218. The van der Waals surface area contributed by atoms with Crippen molar-refractivity contribution in [3.05, 3.63) is 41.3 Å². The van der Waals surface area contributed by atoms with Gasteiger partial charge in [0.15, 0.2) is 10.8 Å². The lowest BCUT2D eigenvalue weighted by Crippen LogP contribution is -2.33. The van der Waals surface area contributed by atoms with Crippen LogP contribution in [-0.2, 0) is 11.3 Å². The van der Waals surface area contributed by atoms with Crippen molar-refractivity contribution in [3.63, 3.8) is 0 Å². The van der Waals surface area contributed by atoms with Gasteiger partial charge < -0.3 is 5.32 Å². The van der Waals surface area contributed by atoms with E-state index in [1.165, 1.54) is 16.3 Å². The minimum absolute atomic E-state index is 0.0788. The number of rotatable bonds is 7. The molecule has 1 N–H and O–H groups in total. The summed E-state index contributed by atoms with van der Waals surface area (Å²) in [5, 5.41) is 3.83. The van der Waals surface area contributed by atoms with Gasteiger partial charge in [0.25, 0.3) is 5.56 Å². The lowest BCUT2D eigenvalue weighted by molar-refractivity contribution is -0.119. The molecule has 0 aliphatic rings. The van der Waals surface area contributed by atoms with Gasteiger partial charge in [-0.05, 0) is 25.5 Å². The highest BCUT2D eigenvalue weighted by molar-refractivity contribution is 7.99. The Bertz CT molecular complexity index is 772. The third kappa shape index (κ3) is 4.19. The molecule has 0 unspecified atom stereocenters. The molecule has 1 atom stereocenters. The molecule has 2 aromatic heterocycles. The van der Waals surface area contributed by atoms with Crippen molar-refractivity contribution in [2.24, 2.45) is 0 Å². The van der Waals surface area contributed by atoms with Crippen molar-refractivity contribution in [3.8, 4) is 0 Å². The number of hydrogen-bond donors (Lipinski definition) is 1. The molecule has 0 aromatic carbocycles. The lowest BCUT2D eigenvalue weighted by atomic mass is 10.3. The summed E-state index contributed by atoms with van der Waals surface area (Å²) in [5.74, 6) is 0.122. The smallest absolute Gasteiger partial charge is 0.263 e. The number of hydrogen-bond acceptors (Lipinski definition) is 5. The predicted octanol–water partition coefficient (Wildman–Crippen LogP) is 1.98. The van der Waals surface area contributed by atoms with E-state index in [0.717, 1.165) is 6.42 Å². The Kier molecular flexibility index (Phi) is 5.92. The summed E-state index contributed by atoms with van der Waals surface area (Å²) < 4.78 is 1.51. The maximum atomic E-state index is 12.5. The third-order valence-electron chi connectivity index (χ3n) is 3.36. The number of nitrogens with zero attached hydrogens (tertiary/aromatic N) is 3. The predicted molar refractivity (Wildman–Crippen MR) is 92.6 cm³/mol. The number of amides is 1. The minimum atomic E-state index is -0.173. The molecular weight excluding hydrogens is 312 g/mol. The van der Waals surface area contributed by atoms with Crippen molar-refractivity contribution in [1.29, 1.82) is 0 Å². The molecule has 2 rings (SSSR count). The van der Waals surface area contributed by atoms with Crippen LogP contribution in [0.3, 0.4) is 0 Å². The van der Waals surface area contributed by atoms with Crippen LogP contribution in [-0.4, -0.2) is 32.2 Å². The number of allylic oxidation sites excluding steroid dienone is 1. The van der Waals surface area contributed by atoms with Crippen LogP contribution in [0.2, 0.25) is 0 Å². The van der Waals surface area contributed by atoms with E-state index in [9.17, 15) is 9.59 Å². The van der Waals surface area contributed by atoms with Crippen LogP contribution in [0, 0.1) is 0 Å². The fourth-order valence-electron chi connectivity index (χ4n) is 1.99. The fourth-order valence-corrected chi connectivity index (χ4v) is 2.79. The molecule has 122 valence electrons.